The van der Waals surface area contributed by atoms with Gasteiger partial charge < -0.3 is 15.0 Å². The fraction of sp³-hybridized carbons (Fsp3) is 0.286. The molecule has 1 aliphatic rings. The normalized spacial score (nSPS) is 17.4. The highest BCUT2D eigenvalue weighted by Crippen LogP contribution is 2.33. The van der Waals surface area contributed by atoms with Gasteiger partial charge in [0, 0.05) is 13.6 Å². The summed E-state index contributed by atoms with van der Waals surface area (Å²) in [5, 5.41) is 2.63. The Balaban J connectivity index is 2.10. The molecular weight excluding hydrogens is 244 g/mol. The molecule has 0 aliphatic carbocycles. The van der Waals surface area contributed by atoms with Crippen molar-refractivity contribution in [1.29, 1.82) is 0 Å². The van der Waals surface area contributed by atoms with E-state index in [-0.39, 0.29) is 18.2 Å². The van der Waals surface area contributed by atoms with Gasteiger partial charge in [0.15, 0.2) is 6.10 Å². The highest BCUT2D eigenvalue weighted by atomic mass is 16.5. The van der Waals surface area contributed by atoms with E-state index in [0.29, 0.717) is 12.3 Å². The Morgan fingerprint density at radius 2 is 2.26 bits per heavy atom. The van der Waals surface area contributed by atoms with Gasteiger partial charge in [-0.15, -0.1) is 6.58 Å². The Bertz CT molecular complexity index is 513. The summed E-state index contributed by atoms with van der Waals surface area (Å²) in [5.74, 6) is 0.171. The minimum Gasteiger partial charge on any atom is -0.478 e. The van der Waals surface area contributed by atoms with Crippen molar-refractivity contribution in [3.8, 4) is 5.75 Å². The molecule has 100 valence electrons. The number of ether oxygens (including phenoxy) is 1. The molecule has 0 spiro atoms. The van der Waals surface area contributed by atoms with Crippen molar-refractivity contribution in [3.05, 3.63) is 36.9 Å². The fourth-order valence-electron chi connectivity index (χ4n) is 1.93. The predicted molar refractivity (Wildman–Crippen MR) is 72.1 cm³/mol. The molecule has 1 aliphatic heterocycles. The van der Waals surface area contributed by atoms with Crippen molar-refractivity contribution in [2.75, 3.05) is 18.5 Å². The molecule has 0 saturated heterocycles. The van der Waals surface area contributed by atoms with Crippen molar-refractivity contribution in [2.45, 2.75) is 12.5 Å². The van der Waals surface area contributed by atoms with E-state index < -0.39 is 6.10 Å². The third-order valence-corrected chi connectivity index (χ3v) is 2.92. The van der Waals surface area contributed by atoms with E-state index in [1.807, 2.05) is 12.1 Å². The molecule has 0 saturated carbocycles. The summed E-state index contributed by atoms with van der Waals surface area (Å²) < 4.78 is 5.59. The van der Waals surface area contributed by atoms with Crippen LogP contribution in [0.3, 0.4) is 0 Å². The van der Waals surface area contributed by atoms with Crippen molar-refractivity contribution in [3.63, 3.8) is 0 Å². The summed E-state index contributed by atoms with van der Waals surface area (Å²) in [6.45, 7) is 3.90. The fourth-order valence-corrected chi connectivity index (χ4v) is 1.93. The molecule has 5 heteroatoms. The van der Waals surface area contributed by atoms with Gasteiger partial charge in [-0.1, -0.05) is 18.2 Å². The van der Waals surface area contributed by atoms with E-state index in [1.54, 1.807) is 25.3 Å². The number of hydrogen-bond acceptors (Lipinski definition) is 3. The van der Waals surface area contributed by atoms with Gasteiger partial charge in [0.25, 0.3) is 5.91 Å². The van der Waals surface area contributed by atoms with E-state index in [2.05, 4.69) is 11.9 Å². The second kappa shape index (κ2) is 5.56. The Labute approximate surface area is 111 Å². The van der Waals surface area contributed by atoms with Crippen LogP contribution in [0.5, 0.6) is 5.75 Å². The molecule has 1 N–H and O–H groups in total. The largest absolute Gasteiger partial charge is 0.478 e. The molecule has 2 rings (SSSR count). The number of anilines is 1. The summed E-state index contributed by atoms with van der Waals surface area (Å²) >= 11 is 0. The van der Waals surface area contributed by atoms with Gasteiger partial charge in [-0.25, -0.2) is 0 Å². The van der Waals surface area contributed by atoms with Crippen molar-refractivity contribution >= 4 is 17.5 Å². The molecule has 1 aromatic rings. The van der Waals surface area contributed by atoms with Gasteiger partial charge in [0.05, 0.1) is 12.1 Å². The topological polar surface area (TPSA) is 58.6 Å². The van der Waals surface area contributed by atoms with Crippen LogP contribution in [0.25, 0.3) is 0 Å². The zero-order valence-corrected chi connectivity index (χ0v) is 10.8. The number of nitrogens with zero attached hydrogens (tertiary/aromatic N) is 1. The van der Waals surface area contributed by atoms with Gasteiger partial charge in [-0.05, 0) is 12.1 Å². The highest BCUT2D eigenvalue weighted by molar-refractivity contribution is 6.01. The Hall–Kier alpha value is -2.30. The molecule has 0 bridgehead atoms. The minimum absolute atomic E-state index is 0.00531. The Kier molecular flexibility index (Phi) is 3.85. The Morgan fingerprint density at radius 3 is 3.00 bits per heavy atom. The molecule has 1 unspecified atom stereocenters. The van der Waals surface area contributed by atoms with Gasteiger partial charge in [0.1, 0.15) is 5.75 Å². The van der Waals surface area contributed by atoms with Crippen LogP contribution < -0.4 is 15.0 Å². The minimum atomic E-state index is -0.773. The number of likely N-dealkylation sites (N-methyl/N-ethyl adjacent to an activating group) is 1. The molecule has 19 heavy (non-hydrogen) atoms. The van der Waals surface area contributed by atoms with Crippen LogP contribution in [0.1, 0.15) is 6.42 Å². The van der Waals surface area contributed by atoms with Crippen LogP contribution in [0.15, 0.2) is 36.9 Å². The number of fused-ring (bicyclic) bond motifs is 1. The van der Waals surface area contributed by atoms with E-state index in [0.717, 1.165) is 5.69 Å². The smallest absolute Gasteiger partial charge is 0.268 e. The molecule has 1 heterocycles. The third kappa shape index (κ3) is 2.76. The molecule has 1 aromatic carbocycles. The number of para-hydroxylation sites is 2. The summed E-state index contributed by atoms with van der Waals surface area (Å²) in [7, 11) is 1.68. The first-order valence-electron chi connectivity index (χ1n) is 6.04. The average molecular weight is 260 g/mol. The average Bonchev–Trinajstić information content (AvgIpc) is 2.42. The van der Waals surface area contributed by atoms with Crippen LogP contribution in [-0.2, 0) is 9.59 Å². The van der Waals surface area contributed by atoms with Crippen molar-refractivity contribution < 1.29 is 14.3 Å². The summed E-state index contributed by atoms with van der Waals surface area (Å²) in [5.41, 5.74) is 0.718. The molecule has 1 atom stereocenters. The number of carbonyl (C=O) groups excluding carboxylic acids is 2. The lowest BCUT2D eigenvalue weighted by atomic mass is 10.1. The number of carbonyl (C=O) groups is 2. The van der Waals surface area contributed by atoms with Gasteiger partial charge in [-0.3, -0.25) is 9.59 Å². The monoisotopic (exact) mass is 260 g/mol. The van der Waals surface area contributed by atoms with Crippen LogP contribution in [0.4, 0.5) is 5.69 Å². The van der Waals surface area contributed by atoms with Crippen molar-refractivity contribution in [1.82, 2.24) is 5.32 Å². The quantitative estimate of drug-likeness (QED) is 0.825. The Morgan fingerprint density at radius 1 is 1.53 bits per heavy atom. The molecule has 0 radical (unpaired) electrons. The number of amides is 2. The van der Waals surface area contributed by atoms with Gasteiger partial charge in [0.2, 0.25) is 5.91 Å². The van der Waals surface area contributed by atoms with Crippen LogP contribution >= 0.6 is 0 Å². The molecule has 0 fully saturated rings. The second-order valence-corrected chi connectivity index (χ2v) is 4.27. The number of rotatable bonds is 4. The number of hydrogen-bond donors (Lipinski definition) is 1. The van der Waals surface area contributed by atoms with Crippen LogP contribution in [0.2, 0.25) is 0 Å². The van der Waals surface area contributed by atoms with Crippen LogP contribution in [-0.4, -0.2) is 31.5 Å². The van der Waals surface area contributed by atoms with E-state index in [4.69, 9.17) is 4.74 Å². The summed E-state index contributed by atoms with van der Waals surface area (Å²) in [4.78, 5) is 25.2. The lowest BCUT2D eigenvalue weighted by Gasteiger charge is -2.31. The van der Waals surface area contributed by atoms with Gasteiger partial charge >= 0.3 is 0 Å². The SMILES string of the molecule is C=CCNC(=O)CC1Oc2ccccc2N(C)C1=O. The third-order valence-electron chi connectivity index (χ3n) is 2.92. The maximum absolute atomic E-state index is 12.1. The van der Waals surface area contributed by atoms with Crippen LogP contribution in [0, 0.1) is 0 Å². The zero-order valence-electron chi connectivity index (χ0n) is 10.8. The lowest BCUT2D eigenvalue weighted by molar-refractivity contribution is -0.131. The maximum Gasteiger partial charge on any atom is 0.268 e. The maximum atomic E-state index is 12.1. The highest BCUT2D eigenvalue weighted by Gasteiger charge is 2.33. The molecule has 2 amide bonds. The first kappa shape index (κ1) is 13.1. The second-order valence-electron chi connectivity index (χ2n) is 4.27. The molecule has 5 nitrogen and oxygen atoms in total. The van der Waals surface area contributed by atoms with E-state index in [9.17, 15) is 9.59 Å². The number of benzene rings is 1. The molecule has 0 aromatic heterocycles. The molecular formula is C14H16N2O3. The summed E-state index contributed by atoms with van der Waals surface area (Å²) in [6, 6.07) is 7.26. The first-order chi connectivity index (χ1) is 9.13. The standard InChI is InChI=1S/C14H16N2O3/c1-3-8-15-13(17)9-12-14(18)16(2)10-6-4-5-7-11(10)19-12/h3-7,12H,1,8-9H2,2H3,(H,15,17). The van der Waals surface area contributed by atoms with E-state index in [1.165, 1.54) is 4.90 Å². The number of nitrogens with one attached hydrogen (secondary N) is 1. The zero-order chi connectivity index (χ0) is 13.8. The predicted octanol–water partition coefficient (Wildman–Crippen LogP) is 1.10. The first-order valence-corrected chi connectivity index (χ1v) is 6.04. The van der Waals surface area contributed by atoms with Gasteiger partial charge in [-0.2, -0.15) is 0 Å². The van der Waals surface area contributed by atoms with Crippen molar-refractivity contribution in [2.24, 2.45) is 0 Å². The lowest BCUT2D eigenvalue weighted by Crippen LogP contribution is -2.46. The van der Waals surface area contributed by atoms with E-state index >= 15 is 0 Å². The summed E-state index contributed by atoms with van der Waals surface area (Å²) in [6.07, 6.45) is 0.818.